The molecule has 0 aliphatic carbocycles. The topological polar surface area (TPSA) is 99.5 Å². The molecule has 0 aromatic heterocycles. The minimum atomic E-state index is -0.828. The Morgan fingerprint density at radius 1 is 1.07 bits per heavy atom. The van der Waals surface area contributed by atoms with Crippen molar-refractivity contribution in [2.75, 3.05) is 18.1 Å². The van der Waals surface area contributed by atoms with Gasteiger partial charge in [-0.25, -0.2) is 4.79 Å². The molecule has 1 N–H and O–H groups in total. The van der Waals surface area contributed by atoms with E-state index in [1.54, 1.807) is 48.5 Å². The van der Waals surface area contributed by atoms with E-state index in [1.165, 1.54) is 17.9 Å². The molecule has 0 bridgehead atoms. The van der Waals surface area contributed by atoms with E-state index in [9.17, 15) is 14.4 Å². The second-order valence-corrected chi connectivity index (χ2v) is 6.02. The van der Waals surface area contributed by atoms with Crippen LogP contribution in [0.5, 0.6) is 0 Å². The van der Waals surface area contributed by atoms with Gasteiger partial charge in [0.15, 0.2) is 6.61 Å². The predicted molar refractivity (Wildman–Crippen MR) is 108 cm³/mol. The molecule has 0 aliphatic heterocycles. The Hall–Kier alpha value is -3.92. The highest BCUT2D eigenvalue weighted by Crippen LogP contribution is 2.14. The number of nitrogens with one attached hydrogen (secondary N) is 1. The normalized spacial score (nSPS) is 10.6. The van der Waals surface area contributed by atoms with E-state index in [-0.39, 0.29) is 18.7 Å². The van der Waals surface area contributed by atoms with Gasteiger partial charge < -0.3 is 15.0 Å². The second kappa shape index (κ2) is 11.0. The van der Waals surface area contributed by atoms with E-state index < -0.39 is 24.4 Å². The molecule has 0 saturated carbocycles. The minimum absolute atomic E-state index is 0.0696. The molecule has 0 saturated heterocycles. The van der Waals surface area contributed by atoms with Crippen molar-refractivity contribution in [1.29, 1.82) is 5.26 Å². The molecule has 0 unspecified atom stereocenters. The van der Waals surface area contributed by atoms with Gasteiger partial charge in [-0.15, -0.1) is 0 Å². The summed E-state index contributed by atoms with van der Waals surface area (Å²) in [6, 6.07) is 19.7. The van der Waals surface area contributed by atoms with E-state index in [4.69, 9.17) is 10.00 Å². The van der Waals surface area contributed by atoms with Crippen molar-refractivity contribution in [2.24, 2.45) is 0 Å². The smallest absolute Gasteiger partial charge is 0.355 e. The molecule has 2 rings (SSSR count). The summed E-state index contributed by atoms with van der Waals surface area (Å²) in [7, 11) is 0. The van der Waals surface area contributed by atoms with E-state index >= 15 is 0 Å². The van der Waals surface area contributed by atoms with Crippen LogP contribution in [0.1, 0.15) is 18.9 Å². The first-order valence-corrected chi connectivity index (χ1v) is 8.95. The lowest BCUT2D eigenvalue weighted by atomic mass is 10.2. The van der Waals surface area contributed by atoms with Crippen molar-refractivity contribution in [1.82, 2.24) is 5.32 Å². The van der Waals surface area contributed by atoms with Crippen LogP contribution in [0.15, 0.2) is 66.4 Å². The Morgan fingerprint density at radius 3 is 2.28 bits per heavy atom. The number of ether oxygens (including phenoxy) is 1. The fourth-order valence-electron chi connectivity index (χ4n) is 2.50. The molecular formula is C22H21N3O4. The zero-order chi connectivity index (χ0) is 21.1. The average Bonchev–Trinajstić information content (AvgIpc) is 2.73. The Kier molecular flexibility index (Phi) is 8.14. The van der Waals surface area contributed by atoms with Crippen LogP contribution in [0.2, 0.25) is 0 Å². The number of benzene rings is 2. The maximum absolute atomic E-state index is 12.6. The van der Waals surface area contributed by atoms with Crippen molar-refractivity contribution in [3.05, 3.63) is 71.9 Å². The molecule has 0 fully saturated rings. The number of carbonyl (C=O) groups is 3. The lowest BCUT2D eigenvalue weighted by Crippen LogP contribution is -2.36. The van der Waals surface area contributed by atoms with Gasteiger partial charge in [-0.3, -0.25) is 9.59 Å². The van der Waals surface area contributed by atoms with Crippen LogP contribution in [0.25, 0.3) is 6.08 Å². The monoisotopic (exact) mass is 391 g/mol. The molecule has 0 spiro atoms. The van der Waals surface area contributed by atoms with Gasteiger partial charge in [0.2, 0.25) is 5.91 Å². The molecule has 2 amide bonds. The zero-order valence-corrected chi connectivity index (χ0v) is 16.0. The van der Waals surface area contributed by atoms with Crippen molar-refractivity contribution in [3.8, 4) is 6.07 Å². The Balaban J connectivity index is 2.10. The first-order chi connectivity index (χ1) is 14.0. The van der Waals surface area contributed by atoms with Crippen molar-refractivity contribution in [3.63, 3.8) is 0 Å². The SMILES string of the molecule is CC(=O)N/C(=C/c1ccccc1)C(=O)OCC(=O)N(CCC#N)c1ccccc1. The highest BCUT2D eigenvalue weighted by atomic mass is 16.5. The van der Waals surface area contributed by atoms with E-state index in [1.807, 2.05) is 18.2 Å². The second-order valence-electron chi connectivity index (χ2n) is 6.02. The molecule has 0 radical (unpaired) electrons. The molecule has 2 aromatic carbocycles. The number of nitriles is 1. The molecule has 29 heavy (non-hydrogen) atoms. The number of rotatable bonds is 8. The van der Waals surface area contributed by atoms with Gasteiger partial charge in [0, 0.05) is 19.2 Å². The highest BCUT2D eigenvalue weighted by molar-refractivity contribution is 6.00. The van der Waals surface area contributed by atoms with Gasteiger partial charge in [0.1, 0.15) is 5.70 Å². The van der Waals surface area contributed by atoms with Gasteiger partial charge in [-0.1, -0.05) is 48.5 Å². The Morgan fingerprint density at radius 2 is 1.69 bits per heavy atom. The fourth-order valence-corrected chi connectivity index (χ4v) is 2.50. The summed E-state index contributed by atoms with van der Waals surface area (Å²) in [4.78, 5) is 37.8. The lowest BCUT2D eigenvalue weighted by molar-refractivity contribution is -0.144. The van der Waals surface area contributed by atoms with Crippen LogP contribution in [0.3, 0.4) is 0 Å². The lowest BCUT2D eigenvalue weighted by Gasteiger charge is -2.21. The summed E-state index contributed by atoms with van der Waals surface area (Å²) in [5.41, 5.74) is 1.23. The zero-order valence-electron chi connectivity index (χ0n) is 16.0. The van der Waals surface area contributed by atoms with Gasteiger partial charge in [0.25, 0.3) is 5.91 Å². The predicted octanol–water partition coefficient (Wildman–Crippen LogP) is 2.65. The number of amides is 2. The Bertz CT molecular complexity index is 918. The molecule has 0 aliphatic rings. The number of hydrogen-bond acceptors (Lipinski definition) is 5. The third-order valence-electron chi connectivity index (χ3n) is 3.78. The Labute approximate surface area is 169 Å². The third kappa shape index (κ3) is 6.96. The van der Waals surface area contributed by atoms with Crippen molar-refractivity contribution < 1.29 is 19.1 Å². The number of hydrogen-bond donors (Lipinski definition) is 1. The maximum atomic E-state index is 12.6. The largest absolute Gasteiger partial charge is 0.451 e. The van der Waals surface area contributed by atoms with Crippen molar-refractivity contribution >= 4 is 29.5 Å². The van der Waals surface area contributed by atoms with Gasteiger partial charge in [-0.2, -0.15) is 5.26 Å². The van der Waals surface area contributed by atoms with Gasteiger partial charge in [-0.05, 0) is 23.8 Å². The first-order valence-electron chi connectivity index (χ1n) is 8.95. The maximum Gasteiger partial charge on any atom is 0.355 e. The molecule has 0 atom stereocenters. The van der Waals surface area contributed by atoms with Gasteiger partial charge in [0.05, 0.1) is 12.5 Å². The van der Waals surface area contributed by atoms with Crippen LogP contribution >= 0.6 is 0 Å². The van der Waals surface area contributed by atoms with Crippen LogP contribution in [0.4, 0.5) is 5.69 Å². The molecule has 0 heterocycles. The molecule has 7 nitrogen and oxygen atoms in total. The van der Waals surface area contributed by atoms with E-state index in [2.05, 4.69) is 5.32 Å². The minimum Gasteiger partial charge on any atom is -0.451 e. The number of esters is 1. The summed E-state index contributed by atoms with van der Waals surface area (Å²) >= 11 is 0. The molecular weight excluding hydrogens is 370 g/mol. The number of anilines is 1. The summed E-state index contributed by atoms with van der Waals surface area (Å²) in [5.74, 6) is -1.73. The molecule has 7 heteroatoms. The molecule has 148 valence electrons. The van der Waals surface area contributed by atoms with Crippen LogP contribution < -0.4 is 10.2 Å². The van der Waals surface area contributed by atoms with E-state index in [0.29, 0.717) is 11.3 Å². The fraction of sp³-hybridized carbons (Fsp3) is 0.182. The molecule has 2 aromatic rings. The third-order valence-corrected chi connectivity index (χ3v) is 3.78. The number of carbonyl (C=O) groups excluding carboxylic acids is 3. The van der Waals surface area contributed by atoms with Crippen molar-refractivity contribution in [2.45, 2.75) is 13.3 Å². The van der Waals surface area contributed by atoms with Crippen LogP contribution in [0, 0.1) is 11.3 Å². The van der Waals surface area contributed by atoms with E-state index in [0.717, 1.165) is 0 Å². The summed E-state index contributed by atoms with van der Waals surface area (Å²) in [5, 5.41) is 11.3. The van der Waals surface area contributed by atoms with Crippen LogP contribution in [-0.2, 0) is 19.1 Å². The number of nitrogens with zero attached hydrogens (tertiary/aromatic N) is 2. The standard InChI is InChI=1S/C22H21N3O4/c1-17(26)24-20(15-18-9-4-2-5-10-18)22(28)29-16-21(27)25(14-8-13-23)19-11-6-3-7-12-19/h2-7,9-12,15H,8,14,16H2,1H3,(H,24,26)/b20-15+. The number of para-hydroxylation sites is 1. The summed E-state index contributed by atoms with van der Waals surface area (Å²) in [6.07, 6.45) is 1.61. The first kappa shape index (κ1) is 21.4. The quantitative estimate of drug-likeness (QED) is 0.551. The van der Waals surface area contributed by atoms with Crippen LogP contribution in [-0.4, -0.2) is 30.9 Å². The highest BCUT2D eigenvalue weighted by Gasteiger charge is 2.19. The van der Waals surface area contributed by atoms with Gasteiger partial charge >= 0.3 is 5.97 Å². The average molecular weight is 391 g/mol. The summed E-state index contributed by atoms with van der Waals surface area (Å²) in [6.45, 7) is 0.927. The summed E-state index contributed by atoms with van der Waals surface area (Å²) < 4.78 is 5.13.